The molecule has 0 bridgehead atoms. The van der Waals surface area contributed by atoms with Crippen molar-refractivity contribution in [2.24, 2.45) is 0 Å². The third-order valence-corrected chi connectivity index (χ3v) is 6.33. The Bertz CT molecular complexity index is 1270. The first-order chi connectivity index (χ1) is 16.3. The Morgan fingerprint density at radius 3 is 2.38 bits per heavy atom. The van der Waals surface area contributed by atoms with Gasteiger partial charge in [0, 0.05) is 39.5 Å². The molecule has 1 N–H and O–H groups in total. The highest BCUT2D eigenvalue weighted by Gasteiger charge is 2.20. The molecule has 0 aliphatic heterocycles. The van der Waals surface area contributed by atoms with E-state index in [2.05, 4.69) is 50.9 Å². The fourth-order valence-electron chi connectivity index (χ4n) is 4.27. The molecule has 3 aromatic rings. The molecule has 0 fully saturated rings. The largest absolute Gasteiger partial charge is 0.341 e. The van der Waals surface area contributed by atoms with Gasteiger partial charge < -0.3 is 9.47 Å². The van der Waals surface area contributed by atoms with Gasteiger partial charge in [0.2, 0.25) is 5.91 Å². The first-order valence-electron chi connectivity index (χ1n) is 12.3. The zero-order chi connectivity index (χ0) is 24.8. The highest BCUT2D eigenvalue weighted by atomic mass is 16.2. The average molecular weight is 468 g/mol. The second-order valence-corrected chi connectivity index (χ2v) is 9.15. The molecule has 0 saturated carbocycles. The second kappa shape index (κ2) is 11.3. The van der Waals surface area contributed by atoms with Crippen LogP contribution in [0.5, 0.6) is 0 Å². The maximum absolute atomic E-state index is 12.9. The summed E-state index contributed by atoms with van der Waals surface area (Å²) < 4.78 is 3.46. The minimum absolute atomic E-state index is 0.0198. The molecule has 2 heterocycles. The molecule has 0 radical (unpaired) electrons. The first-order valence-corrected chi connectivity index (χ1v) is 12.3. The van der Waals surface area contributed by atoms with Crippen molar-refractivity contribution in [3.63, 3.8) is 0 Å². The lowest BCUT2D eigenvalue weighted by Crippen LogP contribution is -2.31. The van der Waals surface area contributed by atoms with E-state index in [0.717, 1.165) is 31.2 Å². The molecule has 1 aromatic carbocycles. The number of fused-ring (bicyclic) bond motifs is 1. The molecule has 34 heavy (non-hydrogen) atoms. The molecular formula is C26H37N5O3. The van der Waals surface area contributed by atoms with Gasteiger partial charge in [-0.15, -0.1) is 0 Å². The zero-order valence-electron chi connectivity index (χ0n) is 21.1. The van der Waals surface area contributed by atoms with Crippen molar-refractivity contribution < 1.29 is 4.79 Å². The number of aryl methyl sites for hydroxylation is 5. The predicted octanol–water partition coefficient (Wildman–Crippen LogP) is 3.69. The number of nitrogens with one attached hydrogen (secondary N) is 1. The van der Waals surface area contributed by atoms with E-state index in [-0.39, 0.29) is 12.3 Å². The maximum atomic E-state index is 12.9. The molecule has 1 amide bonds. The number of benzene rings is 1. The Kier molecular flexibility index (Phi) is 8.47. The molecule has 0 aliphatic carbocycles. The number of carbonyl (C=O) groups excluding carboxylic acids is 1. The molecule has 184 valence electrons. The van der Waals surface area contributed by atoms with Gasteiger partial charge in [0.25, 0.3) is 5.56 Å². The van der Waals surface area contributed by atoms with E-state index in [1.807, 2.05) is 11.6 Å². The summed E-state index contributed by atoms with van der Waals surface area (Å²) >= 11 is 0. The SMILES string of the molecule is CCCCn1c(CCC(=O)N(C)Cc2ccc(C)cc2C)nc2c1c(=O)[nH]c(=O)n2CCCC. The molecule has 0 unspecified atom stereocenters. The summed E-state index contributed by atoms with van der Waals surface area (Å²) in [5.74, 6) is 0.699. The average Bonchev–Trinajstić information content (AvgIpc) is 3.16. The van der Waals surface area contributed by atoms with Crippen molar-refractivity contribution in [3.05, 3.63) is 61.6 Å². The smallest absolute Gasteiger partial charge is 0.330 e. The Hall–Kier alpha value is -3.16. The van der Waals surface area contributed by atoms with Gasteiger partial charge in [-0.05, 0) is 37.8 Å². The first kappa shape index (κ1) is 25.5. The van der Waals surface area contributed by atoms with Crippen LogP contribution in [-0.4, -0.2) is 37.0 Å². The van der Waals surface area contributed by atoms with Crippen LogP contribution >= 0.6 is 0 Å². The molecule has 8 nitrogen and oxygen atoms in total. The number of rotatable bonds is 11. The standard InChI is InChI=1S/C26H37N5O3/c1-6-8-14-30-21(27-24-23(30)25(33)28-26(34)31(24)15-9-7-2)12-13-22(32)29(5)17-20-11-10-18(3)16-19(20)4/h10-11,16H,6-9,12-15,17H2,1-5H3,(H,28,33,34). The third kappa shape index (κ3) is 5.66. The van der Waals surface area contributed by atoms with Crippen LogP contribution in [0.2, 0.25) is 0 Å². The molecule has 2 aromatic heterocycles. The van der Waals surface area contributed by atoms with E-state index in [9.17, 15) is 14.4 Å². The highest BCUT2D eigenvalue weighted by molar-refractivity contribution is 5.76. The monoisotopic (exact) mass is 467 g/mol. The summed E-state index contributed by atoms with van der Waals surface area (Å²) in [6, 6.07) is 6.26. The lowest BCUT2D eigenvalue weighted by Gasteiger charge is -2.19. The van der Waals surface area contributed by atoms with Crippen LogP contribution in [0.3, 0.4) is 0 Å². The molecule has 0 saturated heterocycles. The van der Waals surface area contributed by atoms with Gasteiger partial charge in [0.1, 0.15) is 5.82 Å². The van der Waals surface area contributed by atoms with Crippen LogP contribution in [0.1, 0.15) is 68.5 Å². The van der Waals surface area contributed by atoms with Gasteiger partial charge in [-0.1, -0.05) is 50.5 Å². The number of hydrogen-bond donors (Lipinski definition) is 1. The van der Waals surface area contributed by atoms with E-state index in [1.54, 1.807) is 9.47 Å². The predicted molar refractivity (Wildman–Crippen MR) is 135 cm³/mol. The summed E-state index contributed by atoms with van der Waals surface area (Å²) in [6.45, 7) is 9.95. The number of H-pyrrole nitrogens is 1. The van der Waals surface area contributed by atoms with Gasteiger partial charge in [-0.3, -0.25) is 19.1 Å². The fraction of sp³-hybridized carbons (Fsp3) is 0.538. The Morgan fingerprint density at radius 1 is 1.06 bits per heavy atom. The lowest BCUT2D eigenvalue weighted by molar-refractivity contribution is -0.130. The molecule has 8 heteroatoms. The summed E-state index contributed by atoms with van der Waals surface area (Å²) in [5, 5.41) is 0. The minimum Gasteiger partial charge on any atom is -0.341 e. The van der Waals surface area contributed by atoms with Gasteiger partial charge in [-0.25, -0.2) is 9.78 Å². The number of nitrogens with zero attached hydrogens (tertiary/aromatic N) is 4. The Labute approximate surface area is 200 Å². The number of unbranched alkanes of at least 4 members (excludes halogenated alkanes) is 2. The molecule has 0 atom stereocenters. The number of aromatic nitrogens is 4. The van der Waals surface area contributed by atoms with Crippen molar-refractivity contribution in [2.45, 2.75) is 85.9 Å². The van der Waals surface area contributed by atoms with Gasteiger partial charge in [0.05, 0.1) is 0 Å². The van der Waals surface area contributed by atoms with E-state index in [4.69, 9.17) is 4.98 Å². The summed E-state index contributed by atoms with van der Waals surface area (Å²) in [7, 11) is 1.81. The fourth-order valence-corrected chi connectivity index (χ4v) is 4.27. The number of aromatic amines is 1. The Balaban J connectivity index is 1.86. The van der Waals surface area contributed by atoms with Crippen LogP contribution in [-0.2, 0) is 30.8 Å². The van der Waals surface area contributed by atoms with Gasteiger partial charge >= 0.3 is 5.69 Å². The highest BCUT2D eigenvalue weighted by Crippen LogP contribution is 2.17. The Morgan fingerprint density at radius 2 is 1.74 bits per heavy atom. The molecule has 0 spiro atoms. The second-order valence-electron chi connectivity index (χ2n) is 9.15. The number of imidazole rings is 1. The third-order valence-electron chi connectivity index (χ3n) is 6.33. The lowest BCUT2D eigenvalue weighted by atomic mass is 10.1. The van der Waals surface area contributed by atoms with Crippen LogP contribution in [0, 0.1) is 13.8 Å². The zero-order valence-corrected chi connectivity index (χ0v) is 21.1. The number of amides is 1. The number of hydrogen-bond acceptors (Lipinski definition) is 4. The molecular weight excluding hydrogens is 430 g/mol. The van der Waals surface area contributed by atoms with Crippen LogP contribution < -0.4 is 11.2 Å². The minimum atomic E-state index is -0.429. The van der Waals surface area contributed by atoms with Crippen LogP contribution in [0.4, 0.5) is 0 Å². The number of carbonyl (C=O) groups is 1. The van der Waals surface area contributed by atoms with Crippen molar-refractivity contribution in [2.75, 3.05) is 7.05 Å². The van der Waals surface area contributed by atoms with Gasteiger partial charge in [0.15, 0.2) is 11.2 Å². The summed E-state index contributed by atoms with van der Waals surface area (Å²) in [6.07, 6.45) is 4.29. The van der Waals surface area contributed by atoms with E-state index < -0.39 is 11.2 Å². The van der Waals surface area contributed by atoms with Crippen molar-refractivity contribution in [1.29, 1.82) is 0 Å². The quantitative estimate of drug-likeness (QED) is 0.465. The van der Waals surface area contributed by atoms with Crippen molar-refractivity contribution >= 4 is 17.1 Å². The normalized spacial score (nSPS) is 11.3. The topological polar surface area (TPSA) is 93.0 Å². The molecule has 3 rings (SSSR count). The van der Waals surface area contributed by atoms with Gasteiger partial charge in [-0.2, -0.15) is 0 Å². The summed E-state index contributed by atoms with van der Waals surface area (Å²) in [4.78, 5) is 47.0. The molecule has 0 aliphatic rings. The maximum Gasteiger partial charge on any atom is 0.330 e. The van der Waals surface area contributed by atoms with E-state index in [0.29, 0.717) is 43.0 Å². The van der Waals surface area contributed by atoms with E-state index >= 15 is 0 Å². The van der Waals surface area contributed by atoms with E-state index in [1.165, 1.54) is 11.1 Å². The van der Waals surface area contributed by atoms with Crippen molar-refractivity contribution in [1.82, 2.24) is 24.0 Å². The van der Waals surface area contributed by atoms with Crippen LogP contribution in [0.15, 0.2) is 27.8 Å². The van der Waals surface area contributed by atoms with Crippen LogP contribution in [0.25, 0.3) is 11.2 Å². The van der Waals surface area contributed by atoms with Crippen molar-refractivity contribution in [3.8, 4) is 0 Å². The summed E-state index contributed by atoms with van der Waals surface area (Å²) in [5.41, 5.74) is 3.50.